The van der Waals surface area contributed by atoms with Gasteiger partial charge in [-0.3, -0.25) is 4.98 Å². The Bertz CT molecular complexity index is 276. The standard InChI is InChI=1S/C11H16N2S/c12-11-4-6-14-8-9(11)7-10-3-1-2-5-13-10/h1-3,5,9,11H,4,6-8,12H2. The lowest BCUT2D eigenvalue weighted by Crippen LogP contribution is -2.36. The minimum Gasteiger partial charge on any atom is -0.327 e. The highest BCUT2D eigenvalue weighted by Crippen LogP contribution is 2.24. The van der Waals surface area contributed by atoms with Crippen molar-refractivity contribution in [1.29, 1.82) is 0 Å². The highest BCUT2D eigenvalue weighted by atomic mass is 32.2. The van der Waals surface area contributed by atoms with Gasteiger partial charge in [0.1, 0.15) is 0 Å². The Hall–Kier alpha value is -0.540. The maximum atomic E-state index is 6.09. The molecular formula is C11H16N2S. The summed E-state index contributed by atoms with van der Waals surface area (Å²) in [5, 5.41) is 0. The third kappa shape index (κ3) is 2.49. The fraction of sp³-hybridized carbons (Fsp3) is 0.545. The SMILES string of the molecule is NC1CCSCC1Cc1ccccn1. The molecule has 1 aliphatic heterocycles. The zero-order valence-electron chi connectivity index (χ0n) is 8.23. The van der Waals surface area contributed by atoms with E-state index in [9.17, 15) is 0 Å². The average Bonchev–Trinajstić information content (AvgIpc) is 2.23. The van der Waals surface area contributed by atoms with Gasteiger partial charge in [-0.1, -0.05) is 6.07 Å². The van der Waals surface area contributed by atoms with Crippen LogP contribution in [0.1, 0.15) is 12.1 Å². The van der Waals surface area contributed by atoms with Crippen LogP contribution in [0.4, 0.5) is 0 Å². The molecule has 0 spiro atoms. The van der Waals surface area contributed by atoms with Crippen LogP contribution < -0.4 is 5.73 Å². The monoisotopic (exact) mass is 208 g/mol. The van der Waals surface area contributed by atoms with Crippen LogP contribution in [0.15, 0.2) is 24.4 Å². The van der Waals surface area contributed by atoms with Gasteiger partial charge < -0.3 is 5.73 Å². The minimum absolute atomic E-state index is 0.373. The summed E-state index contributed by atoms with van der Waals surface area (Å²) >= 11 is 2.02. The summed E-state index contributed by atoms with van der Waals surface area (Å²) in [5.74, 6) is 3.03. The van der Waals surface area contributed by atoms with Crippen molar-refractivity contribution in [2.45, 2.75) is 18.9 Å². The molecule has 0 aliphatic carbocycles. The third-order valence-electron chi connectivity index (χ3n) is 2.73. The first kappa shape index (κ1) is 9.99. The molecule has 1 aromatic rings. The summed E-state index contributed by atoms with van der Waals surface area (Å²) < 4.78 is 0. The van der Waals surface area contributed by atoms with Crippen LogP contribution in [0.5, 0.6) is 0 Å². The number of thioether (sulfide) groups is 1. The molecular weight excluding hydrogens is 192 g/mol. The molecule has 0 aromatic carbocycles. The summed E-state index contributed by atoms with van der Waals surface area (Å²) in [6.45, 7) is 0. The van der Waals surface area contributed by atoms with Crippen LogP contribution >= 0.6 is 11.8 Å². The fourth-order valence-corrected chi connectivity index (χ4v) is 3.08. The van der Waals surface area contributed by atoms with E-state index in [-0.39, 0.29) is 0 Å². The zero-order chi connectivity index (χ0) is 9.80. The summed E-state index contributed by atoms with van der Waals surface area (Å²) in [4.78, 5) is 4.34. The summed E-state index contributed by atoms with van der Waals surface area (Å²) in [6, 6.07) is 6.47. The van der Waals surface area contributed by atoms with Gasteiger partial charge in [0.2, 0.25) is 0 Å². The van der Waals surface area contributed by atoms with E-state index in [4.69, 9.17) is 5.73 Å². The van der Waals surface area contributed by atoms with Crippen LogP contribution in [0, 0.1) is 5.92 Å². The highest BCUT2D eigenvalue weighted by molar-refractivity contribution is 7.99. The minimum atomic E-state index is 0.373. The molecule has 2 unspecified atom stereocenters. The molecule has 14 heavy (non-hydrogen) atoms. The van der Waals surface area contributed by atoms with Gasteiger partial charge in [0.15, 0.2) is 0 Å². The topological polar surface area (TPSA) is 38.9 Å². The van der Waals surface area contributed by atoms with Crippen molar-refractivity contribution in [3.63, 3.8) is 0 Å². The van der Waals surface area contributed by atoms with E-state index in [1.54, 1.807) is 0 Å². The summed E-state index contributed by atoms with van der Waals surface area (Å²) in [6.07, 6.45) is 4.05. The molecule has 0 saturated carbocycles. The van der Waals surface area contributed by atoms with Crippen molar-refractivity contribution in [1.82, 2.24) is 4.98 Å². The highest BCUT2D eigenvalue weighted by Gasteiger charge is 2.22. The zero-order valence-corrected chi connectivity index (χ0v) is 9.04. The smallest absolute Gasteiger partial charge is 0.0407 e. The van der Waals surface area contributed by atoms with Gasteiger partial charge >= 0.3 is 0 Å². The maximum Gasteiger partial charge on any atom is 0.0407 e. The van der Waals surface area contributed by atoms with Crippen molar-refractivity contribution in [3.8, 4) is 0 Å². The first-order valence-corrected chi connectivity index (χ1v) is 6.25. The lowest BCUT2D eigenvalue weighted by molar-refractivity contribution is 0.437. The number of pyridine rings is 1. The Kier molecular flexibility index (Phi) is 3.43. The predicted molar refractivity (Wildman–Crippen MR) is 61.3 cm³/mol. The van der Waals surface area contributed by atoms with E-state index in [0.29, 0.717) is 12.0 Å². The van der Waals surface area contributed by atoms with Gasteiger partial charge in [-0.05, 0) is 42.4 Å². The second kappa shape index (κ2) is 4.80. The van der Waals surface area contributed by atoms with E-state index in [1.807, 2.05) is 30.1 Å². The van der Waals surface area contributed by atoms with Crippen molar-refractivity contribution < 1.29 is 0 Å². The van der Waals surface area contributed by atoms with Crippen molar-refractivity contribution in [2.75, 3.05) is 11.5 Å². The van der Waals surface area contributed by atoms with Crippen LogP contribution in [0.2, 0.25) is 0 Å². The van der Waals surface area contributed by atoms with Crippen LogP contribution in [0.25, 0.3) is 0 Å². The Morgan fingerprint density at radius 1 is 1.50 bits per heavy atom. The van der Waals surface area contributed by atoms with E-state index < -0.39 is 0 Å². The molecule has 2 heterocycles. The lowest BCUT2D eigenvalue weighted by Gasteiger charge is -2.27. The fourth-order valence-electron chi connectivity index (χ4n) is 1.81. The molecule has 1 aliphatic rings. The number of nitrogens with zero attached hydrogens (tertiary/aromatic N) is 1. The average molecular weight is 208 g/mol. The second-order valence-electron chi connectivity index (χ2n) is 3.81. The van der Waals surface area contributed by atoms with Crippen molar-refractivity contribution in [3.05, 3.63) is 30.1 Å². The molecule has 1 aromatic heterocycles. The molecule has 76 valence electrons. The normalized spacial score (nSPS) is 27.5. The molecule has 2 atom stereocenters. The van der Waals surface area contributed by atoms with Gasteiger partial charge in [0.05, 0.1) is 0 Å². The molecule has 1 saturated heterocycles. The Labute approximate surface area is 89.3 Å². The van der Waals surface area contributed by atoms with Crippen LogP contribution in [-0.4, -0.2) is 22.5 Å². The predicted octanol–water partition coefficient (Wildman–Crippen LogP) is 1.70. The van der Waals surface area contributed by atoms with Gasteiger partial charge in [-0.15, -0.1) is 0 Å². The van der Waals surface area contributed by atoms with Crippen molar-refractivity contribution >= 4 is 11.8 Å². The second-order valence-corrected chi connectivity index (χ2v) is 4.96. The third-order valence-corrected chi connectivity index (χ3v) is 3.92. The van der Waals surface area contributed by atoms with Crippen molar-refractivity contribution in [2.24, 2.45) is 11.7 Å². The number of hydrogen-bond acceptors (Lipinski definition) is 3. The Balaban J connectivity index is 1.96. The van der Waals surface area contributed by atoms with Gasteiger partial charge in [-0.25, -0.2) is 0 Å². The molecule has 2 nitrogen and oxygen atoms in total. The first-order chi connectivity index (χ1) is 6.86. The van der Waals surface area contributed by atoms with Gasteiger partial charge in [-0.2, -0.15) is 11.8 Å². The Morgan fingerprint density at radius 3 is 3.14 bits per heavy atom. The molecule has 2 rings (SSSR count). The van der Waals surface area contributed by atoms with Crippen LogP contribution in [-0.2, 0) is 6.42 Å². The van der Waals surface area contributed by atoms with Crippen LogP contribution in [0.3, 0.4) is 0 Å². The number of aromatic nitrogens is 1. The number of hydrogen-bond donors (Lipinski definition) is 1. The number of rotatable bonds is 2. The molecule has 2 N–H and O–H groups in total. The first-order valence-electron chi connectivity index (χ1n) is 5.09. The number of nitrogens with two attached hydrogens (primary N) is 1. The largest absolute Gasteiger partial charge is 0.327 e. The molecule has 0 amide bonds. The lowest BCUT2D eigenvalue weighted by atomic mass is 9.94. The molecule has 0 radical (unpaired) electrons. The Morgan fingerprint density at radius 2 is 2.43 bits per heavy atom. The van der Waals surface area contributed by atoms with Gasteiger partial charge in [0, 0.05) is 17.9 Å². The summed E-state index contributed by atoms with van der Waals surface area (Å²) in [5.41, 5.74) is 7.26. The maximum absolute atomic E-state index is 6.09. The van der Waals surface area contributed by atoms with Gasteiger partial charge in [0.25, 0.3) is 0 Å². The van der Waals surface area contributed by atoms with E-state index in [2.05, 4.69) is 11.1 Å². The molecule has 0 bridgehead atoms. The quantitative estimate of drug-likeness (QED) is 0.804. The molecule has 1 fully saturated rings. The summed E-state index contributed by atoms with van der Waals surface area (Å²) in [7, 11) is 0. The molecule has 3 heteroatoms. The van der Waals surface area contributed by atoms with E-state index >= 15 is 0 Å². The van der Waals surface area contributed by atoms with E-state index in [1.165, 1.54) is 17.2 Å². The van der Waals surface area contributed by atoms with E-state index in [0.717, 1.165) is 12.8 Å².